The Kier molecular flexibility index (Phi) is 3.30. The second kappa shape index (κ2) is 4.27. The van der Waals surface area contributed by atoms with Crippen LogP contribution in [0.25, 0.3) is 6.08 Å². The molecule has 0 aliphatic carbocycles. The smallest absolute Gasteiger partial charge is 0.328 e. The molecule has 0 fully saturated rings. The van der Waals surface area contributed by atoms with Crippen molar-refractivity contribution in [2.75, 3.05) is 5.73 Å². The summed E-state index contributed by atoms with van der Waals surface area (Å²) in [7, 11) is 0. The Morgan fingerprint density at radius 3 is 2.85 bits per heavy atom. The first-order chi connectivity index (χ1) is 6.11. The van der Waals surface area contributed by atoms with Gasteiger partial charge in [-0.25, -0.2) is 4.79 Å². The standard InChI is InChI=1S/C9H8INO2/c10-9-6(4-5-8(12)13)2-1-3-7(9)11/h1-5H,11H2,(H,12,13)/b5-4+. The van der Waals surface area contributed by atoms with Crippen molar-refractivity contribution in [3.63, 3.8) is 0 Å². The van der Waals surface area contributed by atoms with Gasteiger partial charge >= 0.3 is 5.97 Å². The summed E-state index contributed by atoms with van der Waals surface area (Å²) in [6.45, 7) is 0. The van der Waals surface area contributed by atoms with Crippen molar-refractivity contribution < 1.29 is 9.90 Å². The maximum Gasteiger partial charge on any atom is 0.328 e. The Hall–Kier alpha value is -1.04. The number of hydrogen-bond donors (Lipinski definition) is 2. The van der Waals surface area contributed by atoms with Crippen LogP contribution < -0.4 is 5.73 Å². The van der Waals surface area contributed by atoms with E-state index in [9.17, 15) is 4.79 Å². The topological polar surface area (TPSA) is 63.3 Å². The molecule has 0 radical (unpaired) electrons. The lowest BCUT2D eigenvalue weighted by Gasteiger charge is -2.00. The number of halogens is 1. The molecule has 0 spiro atoms. The molecule has 0 aliphatic rings. The highest BCUT2D eigenvalue weighted by atomic mass is 127. The van der Waals surface area contributed by atoms with Gasteiger partial charge in [0.1, 0.15) is 0 Å². The first-order valence-corrected chi connectivity index (χ1v) is 4.64. The molecule has 3 N–H and O–H groups in total. The molecule has 68 valence electrons. The summed E-state index contributed by atoms with van der Waals surface area (Å²) >= 11 is 2.08. The quantitative estimate of drug-likeness (QED) is 0.497. The third-order valence-corrected chi connectivity index (χ3v) is 2.71. The number of nitrogens with two attached hydrogens (primary N) is 1. The van der Waals surface area contributed by atoms with Crippen LogP contribution in [0.15, 0.2) is 24.3 Å². The lowest BCUT2D eigenvalue weighted by Crippen LogP contribution is -1.92. The number of nitrogen functional groups attached to an aromatic ring is 1. The van der Waals surface area contributed by atoms with Crippen molar-refractivity contribution in [3.05, 3.63) is 33.4 Å². The number of aliphatic carboxylic acids is 1. The fraction of sp³-hybridized carbons (Fsp3) is 0. The Labute approximate surface area is 89.4 Å². The van der Waals surface area contributed by atoms with Crippen molar-refractivity contribution in [1.29, 1.82) is 0 Å². The van der Waals surface area contributed by atoms with Gasteiger partial charge in [0.2, 0.25) is 0 Å². The Bertz CT molecular complexity index is 361. The number of carbonyl (C=O) groups is 1. The molecular weight excluding hydrogens is 281 g/mol. The SMILES string of the molecule is Nc1cccc(/C=C/C(=O)O)c1I. The number of benzene rings is 1. The molecule has 1 rings (SSSR count). The summed E-state index contributed by atoms with van der Waals surface area (Å²) in [6, 6.07) is 5.39. The van der Waals surface area contributed by atoms with Crippen LogP contribution >= 0.6 is 22.6 Å². The van der Waals surface area contributed by atoms with Crippen molar-refractivity contribution in [3.8, 4) is 0 Å². The summed E-state index contributed by atoms with van der Waals surface area (Å²) in [6.07, 6.45) is 2.62. The second-order valence-corrected chi connectivity index (χ2v) is 3.50. The van der Waals surface area contributed by atoms with Gasteiger partial charge in [-0.05, 0) is 40.3 Å². The van der Waals surface area contributed by atoms with E-state index in [1.165, 1.54) is 6.08 Å². The molecule has 1 aromatic carbocycles. The summed E-state index contributed by atoms with van der Waals surface area (Å²) in [5, 5.41) is 8.41. The average molecular weight is 289 g/mol. The lowest BCUT2D eigenvalue weighted by molar-refractivity contribution is -0.131. The number of hydrogen-bond acceptors (Lipinski definition) is 2. The molecule has 13 heavy (non-hydrogen) atoms. The third-order valence-electron chi connectivity index (χ3n) is 1.46. The molecule has 0 unspecified atom stereocenters. The minimum Gasteiger partial charge on any atom is -0.478 e. The fourth-order valence-electron chi connectivity index (χ4n) is 0.858. The predicted octanol–water partition coefficient (Wildman–Crippen LogP) is 1.97. The minimum absolute atomic E-state index is 0.660. The van der Waals surface area contributed by atoms with Crippen LogP contribution in [0.5, 0.6) is 0 Å². The van der Waals surface area contributed by atoms with E-state index in [-0.39, 0.29) is 0 Å². The average Bonchev–Trinajstić information content (AvgIpc) is 2.07. The number of carboxylic acids is 1. The largest absolute Gasteiger partial charge is 0.478 e. The van der Waals surface area contributed by atoms with Gasteiger partial charge in [-0.15, -0.1) is 0 Å². The highest BCUT2D eigenvalue weighted by Crippen LogP contribution is 2.20. The summed E-state index contributed by atoms with van der Waals surface area (Å²) in [5.41, 5.74) is 7.12. The van der Waals surface area contributed by atoms with Crippen molar-refractivity contribution >= 4 is 40.3 Å². The van der Waals surface area contributed by atoms with Crippen molar-refractivity contribution in [1.82, 2.24) is 0 Å². The van der Waals surface area contributed by atoms with Gasteiger partial charge in [0.15, 0.2) is 0 Å². The predicted molar refractivity (Wildman–Crippen MR) is 60.2 cm³/mol. The van der Waals surface area contributed by atoms with Crippen LogP contribution in [0.4, 0.5) is 5.69 Å². The van der Waals surface area contributed by atoms with Gasteiger partial charge in [-0.3, -0.25) is 0 Å². The van der Waals surface area contributed by atoms with Gasteiger partial charge in [0.05, 0.1) is 0 Å². The first kappa shape index (κ1) is 10.0. The lowest BCUT2D eigenvalue weighted by atomic mass is 10.2. The van der Waals surface area contributed by atoms with E-state index >= 15 is 0 Å². The molecule has 1 aromatic rings. The Morgan fingerprint density at radius 2 is 2.23 bits per heavy atom. The summed E-state index contributed by atoms with van der Waals surface area (Å²) < 4.78 is 0.873. The van der Waals surface area contributed by atoms with Gasteiger partial charge in [0, 0.05) is 15.3 Å². The molecule has 0 aromatic heterocycles. The molecular formula is C9H8INO2. The van der Waals surface area contributed by atoms with Crippen molar-refractivity contribution in [2.24, 2.45) is 0 Å². The van der Waals surface area contributed by atoms with Crippen LogP contribution in [-0.4, -0.2) is 11.1 Å². The maximum absolute atomic E-state index is 10.2. The minimum atomic E-state index is -0.960. The van der Waals surface area contributed by atoms with Crippen LogP contribution in [0.1, 0.15) is 5.56 Å². The van der Waals surface area contributed by atoms with Crippen LogP contribution in [0.3, 0.4) is 0 Å². The van der Waals surface area contributed by atoms with Crippen molar-refractivity contribution in [2.45, 2.75) is 0 Å². The summed E-state index contributed by atoms with van der Waals surface area (Å²) in [5.74, 6) is -0.960. The van der Waals surface area contributed by atoms with Crippen LogP contribution in [0.2, 0.25) is 0 Å². The van der Waals surface area contributed by atoms with Gasteiger partial charge in [-0.1, -0.05) is 12.1 Å². The van der Waals surface area contributed by atoms with Crippen LogP contribution in [0, 0.1) is 3.57 Å². The highest BCUT2D eigenvalue weighted by molar-refractivity contribution is 14.1. The Balaban J connectivity index is 3.02. The number of carboxylic acid groups (broad SMARTS) is 1. The number of anilines is 1. The van der Waals surface area contributed by atoms with E-state index < -0.39 is 5.97 Å². The van der Waals surface area contributed by atoms with Gasteiger partial charge in [-0.2, -0.15) is 0 Å². The third kappa shape index (κ3) is 2.73. The molecule has 0 amide bonds. The van der Waals surface area contributed by atoms with E-state index in [4.69, 9.17) is 10.8 Å². The van der Waals surface area contributed by atoms with E-state index in [0.29, 0.717) is 5.69 Å². The first-order valence-electron chi connectivity index (χ1n) is 3.56. The molecule has 0 heterocycles. The zero-order chi connectivity index (χ0) is 9.84. The van der Waals surface area contributed by atoms with Gasteiger partial charge in [0.25, 0.3) is 0 Å². The van der Waals surface area contributed by atoms with Gasteiger partial charge < -0.3 is 10.8 Å². The maximum atomic E-state index is 10.2. The molecule has 0 aliphatic heterocycles. The zero-order valence-electron chi connectivity index (χ0n) is 6.70. The van der Waals surface area contributed by atoms with Crippen LogP contribution in [-0.2, 0) is 4.79 Å². The molecule has 4 heteroatoms. The van der Waals surface area contributed by atoms with E-state index in [1.807, 2.05) is 6.07 Å². The Morgan fingerprint density at radius 1 is 1.54 bits per heavy atom. The van der Waals surface area contributed by atoms with E-state index in [0.717, 1.165) is 15.2 Å². The summed E-state index contributed by atoms with van der Waals surface area (Å²) in [4.78, 5) is 10.2. The molecule has 0 saturated heterocycles. The fourth-order valence-corrected chi connectivity index (χ4v) is 1.40. The number of rotatable bonds is 2. The molecule has 0 saturated carbocycles. The van der Waals surface area contributed by atoms with E-state index in [2.05, 4.69) is 22.6 Å². The zero-order valence-corrected chi connectivity index (χ0v) is 8.86. The molecule has 3 nitrogen and oxygen atoms in total. The second-order valence-electron chi connectivity index (χ2n) is 2.42. The molecule has 0 atom stereocenters. The molecule has 0 bridgehead atoms. The monoisotopic (exact) mass is 289 g/mol. The highest BCUT2D eigenvalue weighted by Gasteiger charge is 1.99. The normalized spacial score (nSPS) is 10.5. The van der Waals surface area contributed by atoms with E-state index in [1.54, 1.807) is 12.1 Å².